The second-order valence-electron chi connectivity index (χ2n) is 4.44. The lowest BCUT2D eigenvalue weighted by atomic mass is 10.1. The van der Waals surface area contributed by atoms with Gasteiger partial charge in [0.2, 0.25) is 10.0 Å². The van der Waals surface area contributed by atoms with Crippen molar-refractivity contribution in [2.24, 2.45) is 5.92 Å². The summed E-state index contributed by atoms with van der Waals surface area (Å²) in [4.78, 5) is 0.173. The van der Waals surface area contributed by atoms with Gasteiger partial charge in [-0.1, -0.05) is 26.3 Å². The Labute approximate surface area is 109 Å². The van der Waals surface area contributed by atoms with Crippen molar-refractivity contribution in [1.29, 1.82) is 5.26 Å². The highest BCUT2D eigenvalue weighted by Gasteiger charge is 2.22. The Hall–Kier alpha value is -1.38. The third-order valence-corrected chi connectivity index (χ3v) is 4.76. The fourth-order valence-corrected chi connectivity index (χ4v) is 2.91. The van der Waals surface area contributed by atoms with Gasteiger partial charge in [0.05, 0.1) is 16.5 Å². The molecule has 0 aliphatic heterocycles. The molecule has 1 rings (SSSR count). The maximum Gasteiger partial charge on any atom is 0.242 e. The van der Waals surface area contributed by atoms with E-state index in [-0.39, 0.29) is 4.90 Å². The van der Waals surface area contributed by atoms with E-state index in [1.54, 1.807) is 19.2 Å². The first kappa shape index (κ1) is 14.7. The zero-order valence-corrected chi connectivity index (χ0v) is 11.7. The van der Waals surface area contributed by atoms with Gasteiger partial charge in [0.15, 0.2) is 0 Å². The number of hydrogen-bond acceptors (Lipinski definition) is 3. The summed E-state index contributed by atoms with van der Waals surface area (Å²) in [6, 6.07) is 8.05. The van der Waals surface area contributed by atoms with Crippen molar-refractivity contribution < 1.29 is 8.42 Å². The van der Waals surface area contributed by atoms with Gasteiger partial charge in [0.25, 0.3) is 0 Å². The van der Waals surface area contributed by atoms with Gasteiger partial charge in [-0.25, -0.2) is 12.7 Å². The van der Waals surface area contributed by atoms with Crippen LogP contribution in [0.5, 0.6) is 0 Å². The topological polar surface area (TPSA) is 61.2 Å². The van der Waals surface area contributed by atoms with E-state index in [0.29, 0.717) is 18.0 Å². The highest BCUT2D eigenvalue weighted by Crippen LogP contribution is 2.17. The van der Waals surface area contributed by atoms with Crippen LogP contribution in [0, 0.1) is 17.2 Å². The Bertz CT molecular complexity index is 546. The summed E-state index contributed by atoms with van der Waals surface area (Å²) in [6.45, 7) is 4.52. The first-order valence-electron chi connectivity index (χ1n) is 5.88. The van der Waals surface area contributed by atoms with Crippen LogP contribution in [0.15, 0.2) is 29.2 Å². The van der Waals surface area contributed by atoms with Crippen LogP contribution in [0.1, 0.15) is 25.8 Å². The molecule has 0 bridgehead atoms. The summed E-state index contributed by atoms with van der Waals surface area (Å²) in [5, 5.41) is 8.79. The number of rotatable bonds is 5. The summed E-state index contributed by atoms with van der Waals surface area (Å²) in [5.41, 5.74) is 0.355. The lowest BCUT2D eigenvalue weighted by Gasteiger charge is -2.20. The van der Waals surface area contributed by atoms with Crippen LogP contribution in [0.4, 0.5) is 0 Å². The number of sulfonamides is 1. The first-order chi connectivity index (χ1) is 8.41. The van der Waals surface area contributed by atoms with Gasteiger partial charge in [-0.2, -0.15) is 5.26 Å². The van der Waals surface area contributed by atoms with Gasteiger partial charge in [0.1, 0.15) is 0 Å². The summed E-state index contributed by atoms with van der Waals surface area (Å²) >= 11 is 0. The average molecular weight is 266 g/mol. The van der Waals surface area contributed by atoms with Crippen molar-refractivity contribution >= 4 is 10.0 Å². The average Bonchev–Trinajstić information content (AvgIpc) is 2.38. The van der Waals surface area contributed by atoms with E-state index in [4.69, 9.17) is 5.26 Å². The van der Waals surface area contributed by atoms with Crippen LogP contribution in [0.25, 0.3) is 0 Å². The molecular formula is C13H18N2O2S. The van der Waals surface area contributed by atoms with Crippen molar-refractivity contribution in [3.8, 4) is 6.07 Å². The van der Waals surface area contributed by atoms with Gasteiger partial charge >= 0.3 is 0 Å². The molecule has 18 heavy (non-hydrogen) atoms. The Morgan fingerprint density at radius 2 is 2.11 bits per heavy atom. The lowest BCUT2D eigenvalue weighted by Crippen LogP contribution is -2.31. The van der Waals surface area contributed by atoms with Crippen LogP contribution in [-0.4, -0.2) is 26.3 Å². The Balaban J connectivity index is 3.02. The number of benzene rings is 1. The second kappa shape index (κ2) is 5.98. The van der Waals surface area contributed by atoms with E-state index >= 15 is 0 Å². The van der Waals surface area contributed by atoms with E-state index < -0.39 is 10.0 Å². The molecule has 98 valence electrons. The van der Waals surface area contributed by atoms with Crippen molar-refractivity contribution in [2.45, 2.75) is 25.2 Å². The largest absolute Gasteiger partial charge is 0.242 e. The maximum absolute atomic E-state index is 12.3. The van der Waals surface area contributed by atoms with E-state index in [1.807, 2.05) is 19.9 Å². The molecule has 0 saturated heterocycles. The SMILES string of the molecule is CCC(C)CN(C)S(=O)(=O)c1cccc(C#N)c1. The van der Waals surface area contributed by atoms with Crippen LogP contribution in [0.3, 0.4) is 0 Å². The Kier molecular flexibility index (Phi) is 4.88. The molecule has 4 nitrogen and oxygen atoms in total. The number of nitrogens with zero attached hydrogens (tertiary/aromatic N) is 2. The van der Waals surface area contributed by atoms with Crippen LogP contribution in [0.2, 0.25) is 0 Å². The normalized spacial score (nSPS) is 13.3. The van der Waals surface area contributed by atoms with Gasteiger partial charge in [-0.3, -0.25) is 0 Å². The lowest BCUT2D eigenvalue weighted by molar-refractivity contribution is 0.393. The number of hydrogen-bond donors (Lipinski definition) is 0. The van der Waals surface area contributed by atoms with Crippen LogP contribution in [-0.2, 0) is 10.0 Å². The smallest absolute Gasteiger partial charge is 0.207 e. The van der Waals surface area contributed by atoms with Gasteiger partial charge < -0.3 is 0 Å². The molecule has 0 saturated carbocycles. The zero-order valence-electron chi connectivity index (χ0n) is 10.9. The predicted octanol–water partition coefficient (Wildman–Crippen LogP) is 2.22. The van der Waals surface area contributed by atoms with E-state index in [0.717, 1.165) is 6.42 Å². The van der Waals surface area contributed by atoms with E-state index in [2.05, 4.69) is 0 Å². The predicted molar refractivity (Wildman–Crippen MR) is 70.4 cm³/mol. The minimum atomic E-state index is -3.49. The summed E-state index contributed by atoms with van der Waals surface area (Å²) in [5.74, 6) is 0.309. The summed E-state index contributed by atoms with van der Waals surface area (Å²) in [7, 11) is -1.92. The summed E-state index contributed by atoms with van der Waals surface area (Å²) in [6.07, 6.45) is 0.929. The molecule has 0 heterocycles. The first-order valence-corrected chi connectivity index (χ1v) is 7.32. The van der Waals surface area contributed by atoms with Crippen LogP contribution < -0.4 is 0 Å². The molecule has 5 heteroatoms. The molecule has 0 amide bonds. The van der Waals surface area contributed by atoms with Crippen molar-refractivity contribution in [2.75, 3.05) is 13.6 Å². The van der Waals surface area contributed by atoms with Crippen molar-refractivity contribution in [3.05, 3.63) is 29.8 Å². The molecule has 1 aromatic rings. The molecule has 0 fully saturated rings. The molecule has 0 spiro atoms. The zero-order chi connectivity index (χ0) is 13.8. The molecule has 1 unspecified atom stereocenters. The molecule has 1 aromatic carbocycles. The Morgan fingerprint density at radius 1 is 1.44 bits per heavy atom. The molecule has 0 aliphatic rings. The summed E-state index contributed by atoms with van der Waals surface area (Å²) < 4.78 is 25.9. The monoisotopic (exact) mass is 266 g/mol. The molecule has 0 N–H and O–H groups in total. The highest BCUT2D eigenvalue weighted by atomic mass is 32.2. The van der Waals surface area contributed by atoms with Crippen LogP contribution >= 0.6 is 0 Å². The molecular weight excluding hydrogens is 248 g/mol. The fraction of sp³-hybridized carbons (Fsp3) is 0.462. The third-order valence-electron chi connectivity index (χ3n) is 2.94. The van der Waals surface area contributed by atoms with Gasteiger partial charge in [0, 0.05) is 13.6 Å². The fourth-order valence-electron chi connectivity index (χ4n) is 1.57. The molecule has 0 radical (unpaired) electrons. The highest BCUT2D eigenvalue weighted by molar-refractivity contribution is 7.89. The van der Waals surface area contributed by atoms with Gasteiger partial charge in [-0.05, 0) is 24.1 Å². The van der Waals surface area contributed by atoms with E-state index in [9.17, 15) is 8.42 Å². The number of nitriles is 1. The molecule has 0 aliphatic carbocycles. The molecule has 1 atom stereocenters. The van der Waals surface area contributed by atoms with Gasteiger partial charge in [-0.15, -0.1) is 0 Å². The minimum absolute atomic E-state index is 0.173. The minimum Gasteiger partial charge on any atom is -0.207 e. The maximum atomic E-state index is 12.3. The van der Waals surface area contributed by atoms with Crippen molar-refractivity contribution in [1.82, 2.24) is 4.31 Å². The standard InChI is InChI=1S/C13H18N2O2S/c1-4-11(2)10-15(3)18(16,17)13-7-5-6-12(8-13)9-14/h5-8,11H,4,10H2,1-3H3. The second-order valence-corrected chi connectivity index (χ2v) is 6.48. The quantitative estimate of drug-likeness (QED) is 0.821. The third kappa shape index (κ3) is 3.31. The van der Waals surface area contributed by atoms with Crippen molar-refractivity contribution in [3.63, 3.8) is 0 Å². The molecule has 0 aromatic heterocycles. The Morgan fingerprint density at radius 3 is 2.67 bits per heavy atom. The van der Waals surface area contributed by atoms with E-state index in [1.165, 1.54) is 16.4 Å².